The average Bonchev–Trinajstić information content (AvgIpc) is 2.64. The monoisotopic (exact) mass is 269 g/mol. The summed E-state index contributed by atoms with van der Waals surface area (Å²) in [6.07, 6.45) is -5.05. The van der Waals surface area contributed by atoms with E-state index in [1.165, 1.54) is 12.2 Å². The number of carbonyl (C=O) groups is 2. The van der Waals surface area contributed by atoms with Crippen LogP contribution in [0.3, 0.4) is 0 Å². The van der Waals surface area contributed by atoms with Crippen LogP contribution >= 0.6 is 11.5 Å². The zero-order valence-electron chi connectivity index (χ0n) is 8.37. The minimum Gasteiger partial charge on any atom is -0.461 e. The van der Waals surface area contributed by atoms with Crippen molar-refractivity contribution in [3.63, 3.8) is 0 Å². The predicted octanol–water partition coefficient (Wildman–Crippen LogP) is 1.22. The van der Waals surface area contributed by atoms with Gasteiger partial charge in [0.15, 0.2) is 5.00 Å². The molecule has 6 nitrogen and oxygen atoms in total. The van der Waals surface area contributed by atoms with Gasteiger partial charge < -0.3 is 10.1 Å². The molecule has 1 aromatic heterocycles. The lowest BCUT2D eigenvalue weighted by Gasteiger charge is -2.06. The lowest BCUT2D eigenvalue weighted by molar-refractivity contribution is -0.167. The Hall–Kier alpha value is -1.71. The fraction of sp³-hybridized carbons (Fsp3) is 0.429. The molecule has 0 unspecified atom stereocenters. The highest BCUT2D eigenvalue weighted by molar-refractivity contribution is 7.10. The van der Waals surface area contributed by atoms with E-state index in [1.807, 2.05) is 0 Å². The molecule has 1 N–H and O–H groups in total. The number of rotatable bonds is 3. The Labute approximate surface area is 96.9 Å². The summed E-state index contributed by atoms with van der Waals surface area (Å²) in [7, 11) is 0. The van der Waals surface area contributed by atoms with Gasteiger partial charge in [-0.25, -0.2) is 4.79 Å². The molecule has 0 aliphatic heterocycles. The number of alkyl halides is 3. The van der Waals surface area contributed by atoms with Crippen LogP contribution in [-0.2, 0) is 9.53 Å². The number of ether oxygens (including phenoxy) is 1. The van der Waals surface area contributed by atoms with E-state index in [1.54, 1.807) is 0 Å². The van der Waals surface area contributed by atoms with E-state index in [-0.39, 0.29) is 6.61 Å². The fourth-order valence-corrected chi connectivity index (χ4v) is 1.33. The summed E-state index contributed by atoms with van der Waals surface area (Å²) in [6, 6.07) is 0. The molecule has 1 heterocycles. The first-order valence-electron chi connectivity index (χ1n) is 4.24. The highest BCUT2D eigenvalue weighted by Crippen LogP contribution is 2.23. The Bertz CT molecular complexity index is 431. The first kappa shape index (κ1) is 13.4. The molecule has 0 aliphatic rings. The Morgan fingerprint density at radius 1 is 1.47 bits per heavy atom. The second-order valence-corrected chi connectivity index (χ2v) is 3.38. The molecule has 0 aromatic carbocycles. The van der Waals surface area contributed by atoms with E-state index in [2.05, 4.69) is 14.3 Å². The molecule has 10 heteroatoms. The van der Waals surface area contributed by atoms with Crippen molar-refractivity contribution in [1.82, 2.24) is 9.59 Å². The maximum atomic E-state index is 12.0. The smallest absolute Gasteiger partial charge is 0.461 e. The van der Waals surface area contributed by atoms with E-state index in [0.29, 0.717) is 11.5 Å². The van der Waals surface area contributed by atoms with Crippen molar-refractivity contribution in [1.29, 1.82) is 0 Å². The summed E-state index contributed by atoms with van der Waals surface area (Å²) in [5, 5.41) is 4.38. The van der Waals surface area contributed by atoms with Gasteiger partial charge in [0.25, 0.3) is 0 Å². The predicted molar refractivity (Wildman–Crippen MR) is 50.6 cm³/mol. The van der Waals surface area contributed by atoms with Crippen molar-refractivity contribution in [3.8, 4) is 0 Å². The molecule has 1 rings (SSSR count). The van der Waals surface area contributed by atoms with Gasteiger partial charge in [0.05, 0.1) is 6.61 Å². The number of aromatic nitrogens is 2. The van der Waals surface area contributed by atoms with Gasteiger partial charge in [-0.15, -0.1) is 5.10 Å². The molecule has 0 bridgehead atoms. The van der Waals surface area contributed by atoms with Crippen molar-refractivity contribution in [2.45, 2.75) is 13.1 Å². The van der Waals surface area contributed by atoms with Gasteiger partial charge in [-0.2, -0.15) is 13.2 Å². The summed E-state index contributed by atoms with van der Waals surface area (Å²) < 4.78 is 43.7. The Balaban J connectivity index is 2.83. The minimum atomic E-state index is -5.05. The van der Waals surface area contributed by atoms with Crippen LogP contribution in [0.2, 0.25) is 0 Å². The summed E-state index contributed by atoms with van der Waals surface area (Å²) in [5.74, 6) is -3.15. The van der Waals surface area contributed by atoms with E-state index in [9.17, 15) is 22.8 Å². The van der Waals surface area contributed by atoms with Gasteiger partial charge in [0.1, 0.15) is 0 Å². The Morgan fingerprint density at radius 2 is 2.12 bits per heavy atom. The molecule has 0 fully saturated rings. The van der Waals surface area contributed by atoms with Crippen LogP contribution in [0, 0.1) is 0 Å². The second-order valence-electron chi connectivity index (χ2n) is 2.62. The molecule has 17 heavy (non-hydrogen) atoms. The molecule has 0 saturated carbocycles. The first-order valence-corrected chi connectivity index (χ1v) is 5.01. The Kier molecular flexibility index (Phi) is 3.99. The van der Waals surface area contributed by atoms with Crippen molar-refractivity contribution >= 4 is 28.4 Å². The number of hydrogen-bond donors (Lipinski definition) is 1. The third kappa shape index (κ3) is 3.37. The maximum Gasteiger partial charge on any atom is 0.471 e. The van der Waals surface area contributed by atoms with E-state index in [0.717, 1.165) is 0 Å². The number of amides is 1. The van der Waals surface area contributed by atoms with E-state index < -0.39 is 28.7 Å². The number of anilines is 1. The van der Waals surface area contributed by atoms with Gasteiger partial charge >= 0.3 is 18.1 Å². The van der Waals surface area contributed by atoms with Crippen molar-refractivity contribution in [2.75, 3.05) is 11.9 Å². The molecule has 0 radical (unpaired) electrons. The molecule has 0 spiro atoms. The van der Waals surface area contributed by atoms with Gasteiger partial charge in [-0.3, -0.25) is 4.79 Å². The lowest BCUT2D eigenvalue weighted by Crippen LogP contribution is -2.30. The van der Waals surface area contributed by atoms with Crippen LogP contribution in [-0.4, -0.2) is 34.2 Å². The van der Waals surface area contributed by atoms with E-state index >= 15 is 0 Å². The van der Waals surface area contributed by atoms with Crippen LogP contribution in [0.25, 0.3) is 0 Å². The molecular weight excluding hydrogens is 263 g/mol. The summed E-state index contributed by atoms with van der Waals surface area (Å²) >= 11 is 0.454. The second kappa shape index (κ2) is 5.08. The molecule has 0 saturated heterocycles. The molecule has 94 valence electrons. The number of nitrogens with zero attached hydrogens (tertiary/aromatic N) is 2. The maximum absolute atomic E-state index is 12.0. The van der Waals surface area contributed by atoms with Crippen LogP contribution in [0.1, 0.15) is 17.4 Å². The number of nitrogens with one attached hydrogen (secondary N) is 1. The van der Waals surface area contributed by atoms with Gasteiger partial charge in [-0.1, -0.05) is 4.49 Å². The lowest BCUT2D eigenvalue weighted by atomic mass is 10.4. The topological polar surface area (TPSA) is 81.2 Å². The minimum absolute atomic E-state index is 0.0308. The zero-order chi connectivity index (χ0) is 13.1. The summed E-state index contributed by atoms with van der Waals surface area (Å²) in [5.41, 5.74) is -0.450. The summed E-state index contributed by atoms with van der Waals surface area (Å²) in [4.78, 5) is 21.8. The number of hydrogen-bond acceptors (Lipinski definition) is 6. The van der Waals surface area contributed by atoms with Crippen molar-refractivity contribution < 1.29 is 27.5 Å². The zero-order valence-corrected chi connectivity index (χ0v) is 9.18. The number of carbonyl (C=O) groups excluding carboxylic acids is 2. The molecule has 0 aliphatic carbocycles. The van der Waals surface area contributed by atoms with Gasteiger partial charge in [0.2, 0.25) is 5.69 Å². The normalized spacial score (nSPS) is 11.1. The summed E-state index contributed by atoms with van der Waals surface area (Å²) in [6.45, 7) is 1.55. The largest absolute Gasteiger partial charge is 0.471 e. The number of esters is 1. The molecule has 0 atom stereocenters. The standard InChI is InChI=1S/C7H6F3N3O3S/c1-2-16-5(14)3-4(17-13-12-3)11-6(15)7(8,9)10/h2H2,1H3,(H,11,15). The fourth-order valence-electron chi connectivity index (χ4n) is 0.780. The van der Waals surface area contributed by atoms with Crippen molar-refractivity contribution in [2.24, 2.45) is 0 Å². The van der Waals surface area contributed by atoms with Crippen LogP contribution in [0.15, 0.2) is 0 Å². The van der Waals surface area contributed by atoms with Gasteiger partial charge in [-0.05, 0) is 6.92 Å². The van der Waals surface area contributed by atoms with Crippen LogP contribution in [0.5, 0.6) is 0 Å². The molecule has 1 aromatic rings. The Morgan fingerprint density at radius 3 is 2.65 bits per heavy atom. The van der Waals surface area contributed by atoms with Crippen LogP contribution < -0.4 is 5.32 Å². The van der Waals surface area contributed by atoms with E-state index in [4.69, 9.17) is 0 Å². The van der Waals surface area contributed by atoms with Crippen molar-refractivity contribution in [3.05, 3.63) is 5.69 Å². The number of halogens is 3. The average molecular weight is 269 g/mol. The highest BCUT2D eigenvalue weighted by Gasteiger charge is 2.39. The molecule has 1 amide bonds. The third-order valence-electron chi connectivity index (χ3n) is 1.44. The van der Waals surface area contributed by atoms with Gasteiger partial charge in [0, 0.05) is 11.5 Å². The SMILES string of the molecule is CCOC(=O)c1nnsc1NC(=O)C(F)(F)F. The first-order chi connectivity index (χ1) is 7.86. The third-order valence-corrected chi connectivity index (χ3v) is 2.08. The quantitative estimate of drug-likeness (QED) is 0.834. The van der Waals surface area contributed by atoms with Crippen LogP contribution in [0.4, 0.5) is 18.2 Å². The highest BCUT2D eigenvalue weighted by atomic mass is 32.1. The molecular formula is C7H6F3N3O3S.